The van der Waals surface area contributed by atoms with Crippen LogP contribution in [0.4, 0.5) is 0 Å². The van der Waals surface area contributed by atoms with Crippen molar-refractivity contribution in [2.75, 3.05) is 6.54 Å². The topological polar surface area (TPSA) is 84.2 Å². The second-order valence-corrected chi connectivity index (χ2v) is 4.96. The van der Waals surface area contributed by atoms with Crippen LogP contribution in [0.1, 0.15) is 49.8 Å². The number of hydrogen-bond acceptors (Lipinski definition) is 3. The maximum absolute atomic E-state index is 12.2. The van der Waals surface area contributed by atoms with Crippen molar-refractivity contribution in [2.24, 2.45) is 5.41 Å². The Labute approximate surface area is 119 Å². The molecule has 1 aromatic rings. The van der Waals surface area contributed by atoms with E-state index in [1.165, 1.54) is 0 Å². The average Bonchev–Trinajstić information content (AvgIpc) is 2.81. The maximum atomic E-state index is 12.2. The van der Waals surface area contributed by atoms with Crippen LogP contribution in [0, 0.1) is 12.3 Å². The third kappa shape index (κ3) is 3.18. The molecule has 0 aromatic carbocycles. The van der Waals surface area contributed by atoms with Crippen molar-refractivity contribution in [1.82, 2.24) is 15.1 Å². The van der Waals surface area contributed by atoms with Crippen molar-refractivity contribution in [3.05, 3.63) is 17.5 Å². The highest BCUT2D eigenvalue weighted by molar-refractivity contribution is 5.93. The van der Waals surface area contributed by atoms with Crippen molar-refractivity contribution in [1.29, 1.82) is 0 Å². The molecule has 0 saturated carbocycles. The highest BCUT2D eigenvalue weighted by atomic mass is 16.4. The molecule has 6 nitrogen and oxygen atoms in total. The number of carboxylic acid groups (broad SMARTS) is 1. The molecule has 1 heterocycles. The summed E-state index contributed by atoms with van der Waals surface area (Å²) in [5, 5.41) is 16.3. The molecule has 1 amide bonds. The first kappa shape index (κ1) is 16.2. The van der Waals surface area contributed by atoms with Crippen molar-refractivity contribution in [3.63, 3.8) is 0 Å². The monoisotopic (exact) mass is 281 g/mol. The molecule has 0 fully saturated rings. The summed E-state index contributed by atoms with van der Waals surface area (Å²) in [6, 6.07) is 1.71. The fourth-order valence-corrected chi connectivity index (χ4v) is 2.19. The first-order valence-corrected chi connectivity index (χ1v) is 6.96. The van der Waals surface area contributed by atoms with Crippen molar-refractivity contribution in [3.8, 4) is 0 Å². The van der Waals surface area contributed by atoms with Crippen LogP contribution in [0.3, 0.4) is 0 Å². The quantitative estimate of drug-likeness (QED) is 0.798. The fraction of sp³-hybridized carbons (Fsp3) is 0.643. The number of nitrogens with zero attached hydrogens (tertiary/aromatic N) is 2. The molecule has 0 spiro atoms. The zero-order chi connectivity index (χ0) is 15.3. The molecule has 0 aliphatic rings. The summed E-state index contributed by atoms with van der Waals surface area (Å²) in [4.78, 5) is 23.6. The van der Waals surface area contributed by atoms with Gasteiger partial charge in [-0.15, -0.1) is 0 Å². The number of carboxylic acids is 1. The Morgan fingerprint density at radius 3 is 2.40 bits per heavy atom. The maximum Gasteiger partial charge on any atom is 0.311 e. The molecule has 6 heteroatoms. The van der Waals surface area contributed by atoms with Crippen molar-refractivity contribution in [2.45, 2.75) is 47.1 Å². The van der Waals surface area contributed by atoms with Gasteiger partial charge in [0.2, 0.25) is 0 Å². The van der Waals surface area contributed by atoms with Crippen LogP contribution in [0.2, 0.25) is 0 Å². The van der Waals surface area contributed by atoms with E-state index in [1.54, 1.807) is 10.7 Å². The minimum atomic E-state index is -0.901. The molecule has 0 bridgehead atoms. The number of aryl methyl sites for hydroxylation is 2. The molecular formula is C14H23N3O3. The van der Waals surface area contributed by atoms with Gasteiger partial charge < -0.3 is 10.4 Å². The number of aliphatic carboxylic acids is 1. The Bertz CT molecular complexity index is 490. The van der Waals surface area contributed by atoms with Gasteiger partial charge in [-0.1, -0.05) is 13.8 Å². The number of rotatable bonds is 7. The van der Waals surface area contributed by atoms with E-state index in [9.17, 15) is 14.7 Å². The van der Waals surface area contributed by atoms with Gasteiger partial charge in [0.1, 0.15) is 5.69 Å². The first-order chi connectivity index (χ1) is 9.40. The van der Waals surface area contributed by atoms with Gasteiger partial charge in [-0.3, -0.25) is 14.3 Å². The van der Waals surface area contributed by atoms with Gasteiger partial charge in [-0.05, 0) is 32.8 Å². The number of aromatic nitrogens is 2. The van der Waals surface area contributed by atoms with Crippen molar-refractivity contribution >= 4 is 11.9 Å². The molecule has 2 N–H and O–H groups in total. The highest BCUT2D eigenvalue weighted by Gasteiger charge is 2.35. The number of amides is 1. The minimum absolute atomic E-state index is 0.127. The van der Waals surface area contributed by atoms with Gasteiger partial charge in [0.25, 0.3) is 5.91 Å². The van der Waals surface area contributed by atoms with Gasteiger partial charge in [0.15, 0.2) is 0 Å². The van der Waals surface area contributed by atoms with Crippen LogP contribution in [0.15, 0.2) is 6.07 Å². The average molecular weight is 281 g/mol. The lowest BCUT2D eigenvalue weighted by Gasteiger charge is -2.26. The van der Waals surface area contributed by atoms with Crippen LogP contribution in [-0.4, -0.2) is 33.3 Å². The standard InChI is InChI=1S/C14H23N3O3/c1-5-14(6-2,13(19)20)9-15-12(18)11-8-10(4)16-17(11)7-3/h8H,5-7,9H2,1-4H3,(H,15,18)(H,19,20). The van der Waals surface area contributed by atoms with Crippen LogP contribution < -0.4 is 5.32 Å². The first-order valence-electron chi connectivity index (χ1n) is 6.96. The Kier molecular flexibility index (Phi) is 5.30. The molecule has 112 valence electrons. The van der Waals surface area contributed by atoms with Crippen LogP contribution >= 0.6 is 0 Å². The molecule has 0 unspecified atom stereocenters. The molecular weight excluding hydrogens is 258 g/mol. The molecule has 0 atom stereocenters. The predicted octanol–water partition coefficient (Wildman–Crippen LogP) is 1.83. The van der Waals surface area contributed by atoms with Gasteiger partial charge >= 0.3 is 5.97 Å². The number of nitrogens with one attached hydrogen (secondary N) is 1. The van der Waals surface area contributed by atoms with Gasteiger partial charge in [-0.2, -0.15) is 5.10 Å². The normalized spacial score (nSPS) is 11.4. The lowest BCUT2D eigenvalue weighted by Crippen LogP contribution is -2.42. The van der Waals surface area contributed by atoms with Crippen LogP contribution in [0.25, 0.3) is 0 Å². The molecule has 1 rings (SSSR count). The third-order valence-electron chi connectivity index (χ3n) is 3.83. The Hall–Kier alpha value is -1.85. The molecule has 0 aliphatic heterocycles. The largest absolute Gasteiger partial charge is 0.481 e. The van der Waals surface area contributed by atoms with Gasteiger partial charge in [0, 0.05) is 13.1 Å². The van der Waals surface area contributed by atoms with E-state index in [2.05, 4.69) is 10.4 Å². The van der Waals surface area contributed by atoms with E-state index in [-0.39, 0.29) is 12.5 Å². The summed E-state index contributed by atoms with van der Waals surface area (Å²) in [6.07, 6.45) is 0.955. The molecule has 0 saturated heterocycles. The van der Waals surface area contributed by atoms with Crippen molar-refractivity contribution < 1.29 is 14.7 Å². The van der Waals surface area contributed by atoms with Crippen LogP contribution in [-0.2, 0) is 11.3 Å². The molecule has 1 aromatic heterocycles. The van der Waals surface area contributed by atoms with E-state index in [0.29, 0.717) is 25.1 Å². The lowest BCUT2D eigenvalue weighted by atomic mass is 9.82. The predicted molar refractivity (Wildman–Crippen MR) is 75.6 cm³/mol. The Morgan fingerprint density at radius 2 is 1.95 bits per heavy atom. The summed E-state index contributed by atoms with van der Waals surface area (Å²) >= 11 is 0. The number of hydrogen-bond donors (Lipinski definition) is 2. The zero-order valence-electron chi connectivity index (χ0n) is 12.6. The Balaban J connectivity index is 2.83. The highest BCUT2D eigenvalue weighted by Crippen LogP contribution is 2.25. The smallest absolute Gasteiger partial charge is 0.311 e. The summed E-state index contributed by atoms with van der Waals surface area (Å²) in [6.45, 7) is 8.10. The fourth-order valence-electron chi connectivity index (χ4n) is 2.19. The van der Waals surface area contributed by atoms with E-state index < -0.39 is 11.4 Å². The van der Waals surface area contributed by atoms with Crippen LogP contribution in [0.5, 0.6) is 0 Å². The number of carbonyl (C=O) groups is 2. The second kappa shape index (κ2) is 6.54. The molecule has 0 radical (unpaired) electrons. The van der Waals surface area contributed by atoms with E-state index in [4.69, 9.17) is 0 Å². The minimum Gasteiger partial charge on any atom is -0.481 e. The lowest BCUT2D eigenvalue weighted by molar-refractivity contribution is -0.149. The third-order valence-corrected chi connectivity index (χ3v) is 3.83. The van der Waals surface area contributed by atoms with E-state index >= 15 is 0 Å². The summed E-state index contributed by atoms with van der Waals surface area (Å²) in [5.74, 6) is -1.15. The van der Waals surface area contributed by atoms with E-state index in [1.807, 2.05) is 27.7 Å². The molecule has 20 heavy (non-hydrogen) atoms. The molecule has 0 aliphatic carbocycles. The van der Waals surface area contributed by atoms with Gasteiger partial charge in [-0.25, -0.2) is 0 Å². The Morgan fingerprint density at radius 1 is 1.35 bits per heavy atom. The second-order valence-electron chi connectivity index (χ2n) is 4.96. The summed E-state index contributed by atoms with van der Waals surface area (Å²) < 4.78 is 1.62. The SMILES string of the molecule is CCn1nc(C)cc1C(=O)NCC(CC)(CC)C(=O)O. The van der Waals surface area contributed by atoms with Gasteiger partial charge in [0.05, 0.1) is 11.1 Å². The van der Waals surface area contributed by atoms with E-state index in [0.717, 1.165) is 5.69 Å². The summed E-state index contributed by atoms with van der Waals surface area (Å²) in [7, 11) is 0. The number of carbonyl (C=O) groups excluding carboxylic acids is 1. The summed E-state index contributed by atoms with van der Waals surface area (Å²) in [5.41, 5.74) is 0.339. The zero-order valence-corrected chi connectivity index (χ0v) is 12.6.